The molecule has 0 heterocycles. The second-order valence-corrected chi connectivity index (χ2v) is 12.2. The van der Waals surface area contributed by atoms with Crippen LogP contribution in [0.3, 0.4) is 0 Å². The van der Waals surface area contributed by atoms with Crippen LogP contribution in [-0.4, -0.2) is 40.5 Å². The lowest BCUT2D eigenvalue weighted by Crippen LogP contribution is -2.56. The number of fused-ring (bicyclic) bond motifs is 1. The van der Waals surface area contributed by atoms with Gasteiger partial charge in [0.1, 0.15) is 17.7 Å². The molecular weight excluding hydrogens is 514 g/mol. The fourth-order valence-electron chi connectivity index (χ4n) is 4.76. The van der Waals surface area contributed by atoms with Crippen molar-refractivity contribution >= 4 is 34.4 Å². The number of carbonyl (C=O) groups is 3. The van der Waals surface area contributed by atoms with E-state index in [2.05, 4.69) is 10.6 Å². The first kappa shape index (κ1) is 31.7. The van der Waals surface area contributed by atoms with Crippen LogP contribution in [-0.2, 0) is 14.3 Å². The molecule has 41 heavy (non-hydrogen) atoms. The number of aryl methyl sites for hydroxylation is 2. The average molecular weight is 560 g/mol. The number of ether oxygens (including phenoxy) is 1. The van der Waals surface area contributed by atoms with Gasteiger partial charge >= 0.3 is 6.09 Å². The standard InChI is InChI=1S/C34H45N3O4/c1-10-24(6)37(32(39)29(21(2)3)36-33(40)41-34(7,8)9)30(27-16-15-22(4)23(5)19-27)31(38)35-28-18-17-25-13-11-12-14-26(25)20-28/h11-21,24,29-30H,10H2,1-9H3,(H,35,38)(H,36,40). The van der Waals surface area contributed by atoms with Crippen LogP contribution in [0.4, 0.5) is 10.5 Å². The highest BCUT2D eigenvalue weighted by molar-refractivity contribution is 6.00. The summed E-state index contributed by atoms with van der Waals surface area (Å²) in [5.74, 6) is -0.903. The summed E-state index contributed by atoms with van der Waals surface area (Å²) in [6.07, 6.45) is -0.0508. The van der Waals surface area contributed by atoms with Gasteiger partial charge in [0.05, 0.1) is 0 Å². The molecule has 0 saturated heterocycles. The lowest BCUT2D eigenvalue weighted by molar-refractivity contribution is -0.144. The van der Waals surface area contributed by atoms with Crippen LogP contribution in [0.25, 0.3) is 10.8 Å². The number of benzene rings is 3. The topological polar surface area (TPSA) is 87.7 Å². The van der Waals surface area contributed by atoms with Gasteiger partial charge in [-0.1, -0.05) is 69.3 Å². The molecule has 0 aliphatic rings. The van der Waals surface area contributed by atoms with Crippen molar-refractivity contribution in [3.63, 3.8) is 0 Å². The highest BCUT2D eigenvalue weighted by Crippen LogP contribution is 2.30. The van der Waals surface area contributed by atoms with Crippen LogP contribution in [0.15, 0.2) is 60.7 Å². The van der Waals surface area contributed by atoms with Gasteiger partial charge in [-0.15, -0.1) is 0 Å². The van der Waals surface area contributed by atoms with Gasteiger partial charge in [-0.2, -0.15) is 0 Å². The van der Waals surface area contributed by atoms with Gasteiger partial charge < -0.3 is 20.3 Å². The Balaban J connectivity index is 2.07. The fraction of sp³-hybridized carbons (Fsp3) is 0.441. The summed E-state index contributed by atoms with van der Waals surface area (Å²) in [5.41, 5.74) is 2.75. The molecule has 3 aromatic carbocycles. The molecule has 3 rings (SSSR count). The predicted molar refractivity (Wildman–Crippen MR) is 166 cm³/mol. The fourth-order valence-corrected chi connectivity index (χ4v) is 4.76. The van der Waals surface area contributed by atoms with Crippen LogP contribution in [0.5, 0.6) is 0 Å². The Morgan fingerprint density at radius 1 is 0.878 bits per heavy atom. The molecule has 220 valence electrons. The van der Waals surface area contributed by atoms with Crippen molar-refractivity contribution < 1.29 is 19.1 Å². The lowest BCUT2D eigenvalue weighted by atomic mass is 9.94. The summed E-state index contributed by atoms with van der Waals surface area (Å²) in [7, 11) is 0. The number of rotatable bonds is 9. The molecular formula is C34H45N3O4. The third-order valence-electron chi connectivity index (χ3n) is 7.32. The van der Waals surface area contributed by atoms with E-state index < -0.39 is 23.8 Å². The van der Waals surface area contributed by atoms with Gasteiger partial charge in [-0.25, -0.2) is 4.79 Å². The Labute approximate surface area is 244 Å². The molecule has 0 spiro atoms. The van der Waals surface area contributed by atoms with E-state index >= 15 is 0 Å². The second-order valence-electron chi connectivity index (χ2n) is 12.2. The van der Waals surface area contributed by atoms with Crippen molar-refractivity contribution in [1.29, 1.82) is 0 Å². The summed E-state index contributed by atoms with van der Waals surface area (Å²) in [6.45, 7) is 17.0. The molecule has 7 nitrogen and oxygen atoms in total. The van der Waals surface area contributed by atoms with Gasteiger partial charge in [0.2, 0.25) is 5.91 Å². The van der Waals surface area contributed by atoms with E-state index in [0.29, 0.717) is 17.7 Å². The van der Waals surface area contributed by atoms with E-state index in [1.165, 1.54) is 0 Å². The molecule has 3 unspecified atom stereocenters. The summed E-state index contributed by atoms with van der Waals surface area (Å²) >= 11 is 0. The average Bonchev–Trinajstić information content (AvgIpc) is 2.90. The molecule has 2 N–H and O–H groups in total. The molecule has 7 heteroatoms. The number of anilines is 1. The second kappa shape index (κ2) is 13.2. The number of amides is 3. The number of hydrogen-bond donors (Lipinski definition) is 2. The molecule has 0 aromatic heterocycles. The number of nitrogens with one attached hydrogen (secondary N) is 2. The van der Waals surface area contributed by atoms with E-state index in [4.69, 9.17) is 4.74 Å². The number of nitrogens with zero attached hydrogens (tertiary/aromatic N) is 1. The molecule has 3 amide bonds. The normalized spacial score (nSPS) is 13.8. The van der Waals surface area contributed by atoms with Crippen LogP contribution >= 0.6 is 0 Å². The minimum Gasteiger partial charge on any atom is -0.444 e. The number of hydrogen-bond acceptors (Lipinski definition) is 4. The first-order chi connectivity index (χ1) is 19.2. The first-order valence-corrected chi connectivity index (χ1v) is 14.4. The van der Waals surface area contributed by atoms with Crippen molar-refractivity contribution in [2.24, 2.45) is 5.92 Å². The molecule has 0 bridgehead atoms. The van der Waals surface area contributed by atoms with E-state index in [9.17, 15) is 14.4 Å². The minimum absolute atomic E-state index is 0.245. The SMILES string of the molecule is CCC(C)N(C(=O)C(NC(=O)OC(C)(C)C)C(C)C)C(C(=O)Nc1ccc2ccccc2c1)c1ccc(C)c(C)c1. The van der Waals surface area contributed by atoms with Gasteiger partial charge in [-0.3, -0.25) is 9.59 Å². The molecule has 3 aromatic rings. The Morgan fingerprint density at radius 2 is 1.54 bits per heavy atom. The van der Waals surface area contributed by atoms with E-state index in [0.717, 1.165) is 21.9 Å². The van der Waals surface area contributed by atoms with Crippen LogP contribution in [0, 0.1) is 19.8 Å². The maximum Gasteiger partial charge on any atom is 0.408 e. The van der Waals surface area contributed by atoms with Crippen molar-refractivity contribution in [3.8, 4) is 0 Å². The maximum absolute atomic E-state index is 14.4. The molecule has 0 aliphatic heterocycles. The summed E-state index contributed by atoms with van der Waals surface area (Å²) in [6, 6.07) is 17.4. The minimum atomic E-state index is -0.926. The van der Waals surface area contributed by atoms with E-state index in [1.54, 1.807) is 25.7 Å². The number of alkyl carbamates (subject to hydrolysis) is 1. The zero-order valence-electron chi connectivity index (χ0n) is 25.9. The monoisotopic (exact) mass is 559 g/mol. The highest BCUT2D eigenvalue weighted by atomic mass is 16.6. The number of carbonyl (C=O) groups excluding carboxylic acids is 3. The van der Waals surface area contributed by atoms with Crippen molar-refractivity contribution in [2.75, 3.05) is 5.32 Å². The Hall–Kier alpha value is -3.87. The zero-order valence-corrected chi connectivity index (χ0v) is 25.9. The highest BCUT2D eigenvalue weighted by Gasteiger charge is 2.39. The Bertz CT molecular complexity index is 1390. The third-order valence-corrected chi connectivity index (χ3v) is 7.32. The van der Waals surface area contributed by atoms with Crippen LogP contribution < -0.4 is 10.6 Å². The van der Waals surface area contributed by atoms with Gasteiger partial charge in [0.25, 0.3) is 5.91 Å². The van der Waals surface area contributed by atoms with Crippen molar-refractivity contribution in [3.05, 3.63) is 77.4 Å². The zero-order chi connectivity index (χ0) is 30.5. The lowest BCUT2D eigenvalue weighted by Gasteiger charge is -2.39. The van der Waals surface area contributed by atoms with Crippen molar-refractivity contribution in [2.45, 2.75) is 92.5 Å². The summed E-state index contributed by atoms with van der Waals surface area (Å²) < 4.78 is 5.47. The predicted octanol–water partition coefficient (Wildman–Crippen LogP) is 7.31. The summed E-state index contributed by atoms with van der Waals surface area (Å²) in [5, 5.41) is 7.93. The quantitative estimate of drug-likeness (QED) is 0.288. The van der Waals surface area contributed by atoms with Crippen LogP contribution in [0.1, 0.15) is 77.6 Å². The van der Waals surface area contributed by atoms with Gasteiger partial charge in [0.15, 0.2) is 0 Å². The van der Waals surface area contributed by atoms with E-state index in [1.807, 2.05) is 102 Å². The molecule has 0 aliphatic carbocycles. The first-order valence-electron chi connectivity index (χ1n) is 14.4. The van der Waals surface area contributed by atoms with Crippen LogP contribution in [0.2, 0.25) is 0 Å². The molecule has 0 saturated carbocycles. The molecule has 3 atom stereocenters. The Kier molecular flexibility index (Phi) is 10.2. The smallest absolute Gasteiger partial charge is 0.408 e. The molecule has 0 fully saturated rings. The van der Waals surface area contributed by atoms with E-state index in [-0.39, 0.29) is 23.8 Å². The maximum atomic E-state index is 14.4. The van der Waals surface area contributed by atoms with Gasteiger partial charge in [-0.05, 0) is 93.5 Å². The summed E-state index contributed by atoms with van der Waals surface area (Å²) in [4.78, 5) is 42.9. The largest absolute Gasteiger partial charge is 0.444 e. The Morgan fingerprint density at radius 3 is 2.12 bits per heavy atom. The van der Waals surface area contributed by atoms with Gasteiger partial charge in [0, 0.05) is 11.7 Å². The third kappa shape index (κ3) is 8.09. The van der Waals surface area contributed by atoms with Crippen molar-refractivity contribution in [1.82, 2.24) is 10.2 Å². The molecule has 0 radical (unpaired) electrons.